The molecule has 0 unspecified atom stereocenters. The van der Waals surface area contributed by atoms with Gasteiger partial charge in [0.15, 0.2) is 11.2 Å². The fourth-order valence-electron chi connectivity index (χ4n) is 2.54. The summed E-state index contributed by atoms with van der Waals surface area (Å²) in [4.78, 5) is 29.1. The Kier molecular flexibility index (Phi) is 3.09. The topological polar surface area (TPSA) is 83.1 Å². The summed E-state index contributed by atoms with van der Waals surface area (Å²) in [6, 6.07) is 0. The number of nitrogens with one attached hydrogen (secondary N) is 1. The molecule has 3 heterocycles. The van der Waals surface area contributed by atoms with Gasteiger partial charge in [0.2, 0.25) is 5.95 Å². The molecule has 0 radical (unpaired) electrons. The highest BCUT2D eigenvalue weighted by Crippen LogP contribution is 2.18. The van der Waals surface area contributed by atoms with Crippen LogP contribution in [0.2, 0.25) is 0 Å². The van der Waals surface area contributed by atoms with Crippen LogP contribution in [0.4, 0.5) is 5.95 Å². The van der Waals surface area contributed by atoms with Gasteiger partial charge in [-0.1, -0.05) is 0 Å². The molecule has 108 valence electrons. The Bertz CT molecular complexity index is 770. The minimum atomic E-state index is -0.366. The monoisotopic (exact) mass is 279 g/mol. The molecule has 0 atom stereocenters. The Labute approximate surface area is 114 Å². The zero-order chi connectivity index (χ0) is 14.3. The second-order valence-corrected chi connectivity index (χ2v) is 4.83. The third kappa shape index (κ3) is 1.75. The zero-order valence-electron chi connectivity index (χ0n) is 11.5. The lowest BCUT2D eigenvalue weighted by molar-refractivity contribution is 0.184. The van der Waals surface area contributed by atoms with Gasteiger partial charge in [-0.25, -0.2) is 4.79 Å². The normalized spacial score (nSPS) is 14.3. The van der Waals surface area contributed by atoms with Crippen molar-refractivity contribution in [2.75, 3.05) is 25.6 Å². The van der Waals surface area contributed by atoms with Crippen LogP contribution in [0.1, 0.15) is 6.42 Å². The van der Waals surface area contributed by atoms with E-state index in [1.165, 1.54) is 9.13 Å². The van der Waals surface area contributed by atoms with E-state index in [1.807, 2.05) is 4.57 Å². The average Bonchev–Trinajstić information content (AvgIpc) is 2.84. The molecule has 0 aromatic carbocycles. The van der Waals surface area contributed by atoms with Gasteiger partial charge in [-0.15, -0.1) is 0 Å². The van der Waals surface area contributed by atoms with Gasteiger partial charge in [0.25, 0.3) is 5.56 Å². The van der Waals surface area contributed by atoms with Crippen LogP contribution in [0.25, 0.3) is 11.2 Å². The summed E-state index contributed by atoms with van der Waals surface area (Å²) in [6.45, 7) is 2.12. The van der Waals surface area contributed by atoms with Crippen LogP contribution in [0, 0.1) is 0 Å². The molecule has 8 nitrogen and oxygen atoms in total. The maximum Gasteiger partial charge on any atom is 0.332 e. The van der Waals surface area contributed by atoms with Crippen molar-refractivity contribution in [3.63, 3.8) is 0 Å². The van der Waals surface area contributed by atoms with Gasteiger partial charge in [-0.2, -0.15) is 4.98 Å². The molecule has 0 amide bonds. The lowest BCUT2D eigenvalue weighted by Gasteiger charge is -2.15. The van der Waals surface area contributed by atoms with Gasteiger partial charge in [0, 0.05) is 27.2 Å². The first-order valence-electron chi connectivity index (χ1n) is 6.58. The maximum absolute atomic E-state index is 12.5. The second-order valence-electron chi connectivity index (χ2n) is 4.83. The largest absolute Gasteiger partial charge is 0.383 e. The number of aryl methyl sites for hydroxylation is 2. The second kappa shape index (κ2) is 4.78. The van der Waals surface area contributed by atoms with E-state index >= 15 is 0 Å². The number of hydrogen-bond acceptors (Lipinski definition) is 5. The predicted molar refractivity (Wildman–Crippen MR) is 74.2 cm³/mol. The van der Waals surface area contributed by atoms with E-state index in [4.69, 9.17) is 4.74 Å². The fourth-order valence-corrected chi connectivity index (χ4v) is 2.54. The molecule has 1 aliphatic heterocycles. The van der Waals surface area contributed by atoms with E-state index in [9.17, 15) is 9.59 Å². The molecule has 0 spiro atoms. The molecule has 20 heavy (non-hydrogen) atoms. The number of hydrogen-bond donors (Lipinski definition) is 1. The molecular formula is C12H17N5O3. The molecule has 8 heteroatoms. The molecule has 2 aromatic rings. The van der Waals surface area contributed by atoms with Gasteiger partial charge in [-0.05, 0) is 6.42 Å². The lowest BCUT2D eigenvalue weighted by atomic mass is 10.3. The first-order chi connectivity index (χ1) is 9.65. The summed E-state index contributed by atoms with van der Waals surface area (Å²) in [6.07, 6.45) is 0.929. The molecule has 3 rings (SSSR count). The lowest BCUT2D eigenvalue weighted by Crippen LogP contribution is -2.40. The summed E-state index contributed by atoms with van der Waals surface area (Å²) in [5, 5.41) is 3.15. The maximum atomic E-state index is 12.5. The van der Waals surface area contributed by atoms with Crippen molar-refractivity contribution in [2.45, 2.75) is 19.5 Å². The van der Waals surface area contributed by atoms with Crippen LogP contribution in [-0.2, 0) is 24.9 Å². The molecule has 1 N–H and O–H groups in total. The zero-order valence-corrected chi connectivity index (χ0v) is 11.5. The van der Waals surface area contributed by atoms with Crippen LogP contribution in [0.5, 0.6) is 0 Å². The highest BCUT2D eigenvalue weighted by Gasteiger charge is 2.21. The number of aromatic nitrogens is 4. The van der Waals surface area contributed by atoms with Gasteiger partial charge >= 0.3 is 5.69 Å². The number of ether oxygens (including phenoxy) is 1. The van der Waals surface area contributed by atoms with E-state index in [2.05, 4.69) is 10.3 Å². The van der Waals surface area contributed by atoms with E-state index in [-0.39, 0.29) is 17.8 Å². The fraction of sp³-hybridized carbons (Fsp3) is 0.583. The number of rotatable bonds is 3. The summed E-state index contributed by atoms with van der Waals surface area (Å²) < 4.78 is 9.43. The predicted octanol–water partition coefficient (Wildman–Crippen LogP) is -0.641. The molecule has 0 saturated carbocycles. The Hall–Kier alpha value is -2.09. The Morgan fingerprint density at radius 2 is 2.20 bits per heavy atom. The highest BCUT2D eigenvalue weighted by atomic mass is 16.5. The van der Waals surface area contributed by atoms with Gasteiger partial charge < -0.3 is 14.6 Å². The van der Waals surface area contributed by atoms with Crippen molar-refractivity contribution in [2.24, 2.45) is 7.05 Å². The third-order valence-corrected chi connectivity index (χ3v) is 3.59. The van der Waals surface area contributed by atoms with Crippen molar-refractivity contribution in [3.8, 4) is 0 Å². The number of fused-ring (bicyclic) bond motifs is 3. The van der Waals surface area contributed by atoms with Gasteiger partial charge in [0.1, 0.15) is 0 Å². The van der Waals surface area contributed by atoms with Crippen molar-refractivity contribution < 1.29 is 4.74 Å². The quantitative estimate of drug-likeness (QED) is 0.808. The van der Waals surface area contributed by atoms with Gasteiger partial charge in [0.05, 0.1) is 13.2 Å². The summed E-state index contributed by atoms with van der Waals surface area (Å²) >= 11 is 0. The van der Waals surface area contributed by atoms with Crippen LogP contribution in [0.3, 0.4) is 0 Å². The van der Waals surface area contributed by atoms with E-state index in [0.29, 0.717) is 23.7 Å². The van der Waals surface area contributed by atoms with Crippen LogP contribution in [-0.4, -0.2) is 38.9 Å². The smallest absolute Gasteiger partial charge is 0.332 e. The van der Waals surface area contributed by atoms with E-state index < -0.39 is 0 Å². The van der Waals surface area contributed by atoms with Crippen molar-refractivity contribution in [3.05, 3.63) is 20.8 Å². The van der Waals surface area contributed by atoms with Gasteiger partial charge in [-0.3, -0.25) is 13.9 Å². The number of anilines is 1. The minimum Gasteiger partial charge on any atom is -0.383 e. The van der Waals surface area contributed by atoms with Crippen LogP contribution in [0.15, 0.2) is 9.59 Å². The molecular weight excluding hydrogens is 262 g/mol. The molecule has 1 aliphatic rings. The summed E-state index contributed by atoms with van der Waals surface area (Å²) in [7, 11) is 3.17. The number of methoxy groups -OCH3 is 1. The Balaban J connectivity index is 2.32. The summed E-state index contributed by atoms with van der Waals surface area (Å²) in [5.41, 5.74) is 0.237. The molecule has 0 bridgehead atoms. The standard InChI is InChI=1S/C12H17N5O3/c1-15-9-8(16-5-3-4-13-11(16)14-9)10(18)17(12(15)19)6-7-20-2/h3-7H2,1-2H3,(H,13,14). The first-order valence-corrected chi connectivity index (χ1v) is 6.58. The van der Waals surface area contributed by atoms with E-state index in [0.717, 1.165) is 19.5 Å². The molecule has 2 aromatic heterocycles. The average molecular weight is 279 g/mol. The number of imidazole rings is 1. The summed E-state index contributed by atoms with van der Waals surface area (Å²) in [5.74, 6) is 0.655. The molecule has 0 fully saturated rings. The number of nitrogens with zero attached hydrogens (tertiary/aromatic N) is 4. The van der Waals surface area contributed by atoms with Crippen molar-refractivity contribution >= 4 is 17.1 Å². The van der Waals surface area contributed by atoms with Crippen LogP contribution < -0.4 is 16.6 Å². The molecule has 0 aliphatic carbocycles. The van der Waals surface area contributed by atoms with E-state index in [1.54, 1.807) is 14.2 Å². The third-order valence-electron chi connectivity index (χ3n) is 3.59. The van der Waals surface area contributed by atoms with Crippen molar-refractivity contribution in [1.29, 1.82) is 0 Å². The molecule has 0 saturated heterocycles. The Morgan fingerprint density at radius 1 is 1.40 bits per heavy atom. The Morgan fingerprint density at radius 3 is 2.95 bits per heavy atom. The minimum absolute atomic E-state index is 0.242. The van der Waals surface area contributed by atoms with Crippen molar-refractivity contribution in [1.82, 2.24) is 18.7 Å². The highest BCUT2D eigenvalue weighted by molar-refractivity contribution is 5.74. The first kappa shape index (κ1) is 12.9. The van der Waals surface area contributed by atoms with Crippen LogP contribution >= 0.6 is 0 Å². The SMILES string of the molecule is COCCn1c(=O)c2c(nc3n2CCCN3)n(C)c1=O.